The molecular weight excluding hydrogens is 521 g/mol. The van der Waals surface area contributed by atoms with E-state index in [2.05, 4.69) is 82.3 Å². The predicted molar refractivity (Wildman–Crippen MR) is 163 cm³/mol. The van der Waals surface area contributed by atoms with Gasteiger partial charge in [-0.3, -0.25) is 4.98 Å². The molecule has 0 radical (unpaired) electrons. The van der Waals surface area contributed by atoms with Crippen LogP contribution in [0.25, 0.3) is 22.5 Å². The van der Waals surface area contributed by atoms with Gasteiger partial charge in [-0.15, -0.1) is 0 Å². The van der Waals surface area contributed by atoms with Crippen LogP contribution in [0.1, 0.15) is 35.0 Å². The van der Waals surface area contributed by atoms with Crippen LogP contribution in [0.4, 0.5) is 4.39 Å². The van der Waals surface area contributed by atoms with Gasteiger partial charge in [0.05, 0.1) is 24.0 Å². The first-order valence-electron chi connectivity index (χ1n) is 14.3. The summed E-state index contributed by atoms with van der Waals surface area (Å²) in [7, 11) is 0. The first-order chi connectivity index (χ1) is 20.7. The van der Waals surface area contributed by atoms with Gasteiger partial charge in [0.15, 0.2) is 0 Å². The van der Waals surface area contributed by atoms with Crippen molar-refractivity contribution in [1.29, 1.82) is 0 Å². The smallest absolute Gasteiger partial charge is 0.143 e. The van der Waals surface area contributed by atoms with Crippen LogP contribution in [0.3, 0.4) is 0 Å². The van der Waals surface area contributed by atoms with Crippen molar-refractivity contribution >= 4 is 0 Å². The standard InChI is InChI=1S/C37H30FN3O/c38-32-18-16-27(17-19-32)35-36(28-22-24-39-25-23-28)41-33(20-21-34(41)40-35)26-42-37(29-10-4-1-5-11-29,30-12-6-2-7-13-30)31-14-8-3-9-15-31/h1-19,22-25,33H,20-21,26H2/t33-/m0/s1. The third-order valence-corrected chi connectivity index (χ3v) is 8.16. The zero-order valence-electron chi connectivity index (χ0n) is 23.1. The number of benzene rings is 4. The molecule has 0 unspecified atom stereocenters. The van der Waals surface area contributed by atoms with Crippen LogP contribution >= 0.6 is 0 Å². The van der Waals surface area contributed by atoms with E-state index >= 15 is 0 Å². The van der Waals surface area contributed by atoms with Gasteiger partial charge in [-0.05, 0) is 59.5 Å². The summed E-state index contributed by atoms with van der Waals surface area (Å²) in [6, 6.07) is 42.1. The molecule has 1 atom stereocenters. The molecule has 206 valence electrons. The van der Waals surface area contributed by atoms with Gasteiger partial charge in [-0.2, -0.15) is 0 Å². The molecule has 5 heteroatoms. The molecule has 0 fully saturated rings. The highest BCUT2D eigenvalue weighted by atomic mass is 19.1. The van der Waals surface area contributed by atoms with E-state index in [0.29, 0.717) is 6.61 Å². The number of hydrogen-bond donors (Lipinski definition) is 0. The van der Waals surface area contributed by atoms with Crippen LogP contribution in [0.2, 0.25) is 0 Å². The van der Waals surface area contributed by atoms with Crippen LogP contribution in [0.5, 0.6) is 0 Å². The molecular formula is C37H30FN3O. The minimum Gasteiger partial charge on any atom is -0.359 e. The molecule has 2 aromatic heterocycles. The minimum absolute atomic E-state index is 0.0559. The molecule has 0 saturated heterocycles. The third kappa shape index (κ3) is 4.62. The molecule has 3 heterocycles. The number of nitrogens with zero attached hydrogens (tertiary/aromatic N) is 3. The summed E-state index contributed by atoms with van der Waals surface area (Å²) in [6.45, 7) is 0.475. The zero-order valence-corrected chi connectivity index (χ0v) is 23.1. The van der Waals surface area contributed by atoms with E-state index in [1.165, 1.54) is 12.1 Å². The molecule has 42 heavy (non-hydrogen) atoms. The molecule has 0 spiro atoms. The molecule has 4 aromatic carbocycles. The van der Waals surface area contributed by atoms with Gasteiger partial charge in [0, 0.05) is 29.9 Å². The minimum atomic E-state index is -0.802. The monoisotopic (exact) mass is 551 g/mol. The topological polar surface area (TPSA) is 39.9 Å². The van der Waals surface area contributed by atoms with Crippen molar-refractivity contribution in [2.75, 3.05) is 6.61 Å². The number of rotatable bonds is 8. The Morgan fingerprint density at radius 3 is 1.79 bits per heavy atom. The third-order valence-electron chi connectivity index (χ3n) is 8.16. The van der Waals surface area contributed by atoms with Crippen molar-refractivity contribution in [2.45, 2.75) is 24.5 Å². The molecule has 0 N–H and O–H groups in total. The Hall–Kier alpha value is -4.87. The Morgan fingerprint density at radius 2 is 1.24 bits per heavy atom. The number of pyridine rings is 1. The fourth-order valence-corrected chi connectivity index (χ4v) is 6.22. The van der Waals surface area contributed by atoms with Crippen molar-refractivity contribution in [3.63, 3.8) is 0 Å². The Kier molecular flexibility index (Phi) is 6.94. The van der Waals surface area contributed by atoms with Crippen molar-refractivity contribution in [2.24, 2.45) is 0 Å². The lowest BCUT2D eigenvalue weighted by Crippen LogP contribution is -2.34. The summed E-state index contributed by atoms with van der Waals surface area (Å²) < 4.78 is 23.4. The summed E-state index contributed by atoms with van der Waals surface area (Å²) in [6.07, 6.45) is 5.35. The van der Waals surface area contributed by atoms with E-state index in [4.69, 9.17) is 9.72 Å². The fourth-order valence-electron chi connectivity index (χ4n) is 6.22. The second kappa shape index (κ2) is 11.2. The summed E-state index contributed by atoms with van der Waals surface area (Å²) in [5.74, 6) is 0.751. The Balaban J connectivity index is 1.34. The molecule has 1 aliphatic rings. The summed E-state index contributed by atoms with van der Waals surface area (Å²) in [5, 5.41) is 0. The molecule has 0 aliphatic carbocycles. The number of fused-ring (bicyclic) bond motifs is 1. The van der Waals surface area contributed by atoms with Crippen molar-refractivity contribution in [3.8, 4) is 22.5 Å². The maximum atomic E-state index is 13.8. The lowest BCUT2D eigenvalue weighted by Gasteiger charge is -2.37. The summed E-state index contributed by atoms with van der Waals surface area (Å²) >= 11 is 0. The number of ether oxygens (including phenoxy) is 1. The average molecular weight is 552 g/mol. The normalized spacial score (nSPS) is 14.5. The van der Waals surface area contributed by atoms with Gasteiger partial charge < -0.3 is 9.30 Å². The van der Waals surface area contributed by atoms with Gasteiger partial charge in [0.2, 0.25) is 0 Å². The van der Waals surface area contributed by atoms with Crippen LogP contribution in [-0.4, -0.2) is 21.1 Å². The quantitative estimate of drug-likeness (QED) is 0.179. The van der Waals surface area contributed by atoms with Gasteiger partial charge in [-0.1, -0.05) is 91.0 Å². The van der Waals surface area contributed by atoms with Gasteiger partial charge in [-0.25, -0.2) is 9.37 Å². The molecule has 6 aromatic rings. The number of halogens is 1. The first kappa shape index (κ1) is 26.1. The van der Waals surface area contributed by atoms with Crippen LogP contribution in [-0.2, 0) is 16.8 Å². The summed E-state index contributed by atoms with van der Waals surface area (Å²) in [4.78, 5) is 9.35. The Labute approximate surface area is 245 Å². The van der Waals surface area contributed by atoms with Crippen LogP contribution in [0, 0.1) is 5.82 Å². The first-order valence-corrected chi connectivity index (χ1v) is 14.3. The number of aryl methyl sites for hydroxylation is 1. The highest BCUT2D eigenvalue weighted by molar-refractivity contribution is 5.79. The lowest BCUT2D eigenvalue weighted by atomic mass is 9.80. The van der Waals surface area contributed by atoms with E-state index in [0.717, 1.165) is 57.9 Å². The Bertz CT molecular complexity index is 1670. The van der Waals surface area contributed by atoms with Crippen molar-refractivity contribution in [3.05, 3.63) is 168 Å². The van der Waals surface area contributed by atoms with Gasteiger partial charge in [0.1, 0.15) is 17.2 Å². The SMILES string of the molecule is Fc1ccc(-c2nc3n(c2-c2ccncc2)[C@H](COC(c2ccccc2)(c2ccccc2)c2ccccc2)CC3)cc1. The van der Waals surface area contributed by atoms with Gasteiger partial charge >= 0.3 is 0 Å². The predicted octanol–water partition coefficient (Wildman–Crippen LogP) is 8.25. The van der Waals surface area contributed by atoms with Crippen LogP contribution < -0.4 is 0 Å². The molecule has 0 bridgehead atoms. The lowest BCUT2D eigenvalue weighted by molar-refractivity contribution is -0.00424. The highest BCUT2D eigenvalue weighted by Crippen LogP contribution is 2.44. The van der Waals surface area contributed by atoms with E-state index < -0.39 is 5.60 Å². The number of hydrogen-bond acceptors (Lipinski definition) is 3. The highest BCUT2D eigenvalue weighted by Gasteiger charge is 2.39. The summed E-state index contributed by atoms with van der Waals surface area (Å²) in [5.41, 5.74) is 6.19. The van der Waals surface area contributed by atoms with E-state index in [1.807, 2.05) is 30.3 Å². The fraction of sp³-hybridized carbons (Fsp3) is 0.135. The average Bonchev–Trinajstić information content (AvgIpc) is 3.63. The molecule has 0 saturated carbocycles. The van der Waals surface area contributed by atoms with Gasteiger partial charge in [0.25, 0.3) is 0 Å². The maximum absolute atomic E-state index is 13.8. The number of aromatic nitrogens is 3. The molecule has 7 rings (SSSR count). The molecule has 4 nitrogen and oxygen atoms in total. The van der Waals surface area contributed by atoms with Crippen LogP contribution in [0.15, 0.2) is 140 Å². The largest absolute Gasteiger partial charge is 0.359 e. The van der Waals surface area contributed by atoms with E-state index in [9.17, 15) is 4.39 Å². The zero-order chi connectivity index (χ0) is 28.4. The second-order valence-electron chi connectivity index (χ2n) is 10.6. The van der Waals surface area contributed by atoms with E-state index in [-0.39, 0.29) is 11.9 Å². The van der Waals surface area contributed by atoms with E-state index in [1.54, 1.807) is 24.5 Å². The van der Waals surface area contributed by atoms with Crippen molar-refractivity contribution in [1.82, 2.24) is 14.5 Å². The Morgan fingerprint density at radius 1 is 0.690 bits per heavy atom. The van der Waals surface area contributed by atoms with Crippen molar-refractivity contribution < 1.29 is 9.13 Å². The number of imidazole rings is 1. The second-order valence-corrected chi connectivity index (χ2v) is 10.6. The molecule has 1 aliphatic heterocycles. The molecule has 0 amide bonds. The maximum Gasteiger partial charge on any atom is 0.143 e.